The van der Waals surface area contributed by atoms with Gasteiger partial charge in [-0.1, -0.05) is 19.0 Å². The number of hydrogen-bond acceptors (Lipinski definition) is 5. The van der Waals surface area contributed by atoms with Gasteiger partial charge in [0.15, 0.2) is 11.5 Å². The van der Waals surface area contributed by atoms with Gasteiger partial charge in [0.05, 0.1) is 0 Å². The van der Waals surface area contributed by atoms with E-state index < -0.39 is 17.7 Å². The molecule has 0 aliphatic rings. The molecule has 0 aromatic carbocycles. The standard InChI is InChI=1S/C20H21F3N4O2/c1-4-14-9-13(7-8-24-14)15-10-18(29-26-15)12(2)5-6-17(28)16-11-19(20(21,22)23)25-27(16)3/h7-12H,4-6H2,1-3H3/t12-/m1/s1. The fraction of sp³-hybridized carbons (Fsp3) is 0.400. The van der Waals surface area contributed by atoms with Gasteiger partial charge in [-0.3, -0.25) is 14.5 Å². The highest BCUT2D eigenvalue weighted by atomic mass is 19.4. The van der Waals surface area contributed by atoms with Crippen LogP contribution < -0.4 is 0 Å². The van der Waals surface area contributed by atoms with Crippen LogP contribution in [0.4, 0.5) is 13.2 Å². The summed E-state index contributed by atoms with van der Waals surface area (Å²) in [5, 5.41) is 7.46. The minimum absolute atomic E-state index is 0.0633. The van der Waals surface area contributed by atoms with E-state index in [2.05, 4.69) is 15.2 Å². The van der Waals surface area contributed by atoms with E-state index in [-0.39, 0.29) is 18.0 Å². The smallest absolute Gasteiger partial charge is 0.361 e. The molecule has 9 heteroatoms. The lowest BCUT2D eigenvalue weighted by molar-refractivity contribution is -0.141. The lowest BCUT2D eigenvalue weighted by Crippen LogP contribution is -2.08. The van der Waals surface area contributed by atoms with Crippen LogP contribution in [0, 0.1) is 0 Å². The van der Waals surface area contributed by atoms with E-state index in [4.69, 9.17) is 4.52 Å². The molecule has 6 nitrogen and oxygen atoms in total. The van der Waals surface area contributed by atoms with Gasteiger partial charge in [-0.25, -0.2) is 0 Å². The van der Waals surface area contributed by atoms with Gasteiger partial charge in [0, 0.05) is 42.9 Å². The Morgan fingerprint density at radius 1 is 1.28 bits per heavy atom. The molecule has 29 heavy (non-hydrogen) atoms. The van der Waals surface area contributed by atoms with Crippen molar-refractivity contribution in [1.29, 1.82) is 0 Å². The predicted octanol–water partition coefficient (Wildman–Crippen LogP) is 4.82. The molecule has 0 saturated heterocycles. The number of ketones is 1. The van der Waals surface area contributed by atoms with E-state index in [9.17, 15) is 18.0 Å². The van der Waals surface area contributed by atoms with Gasteiger partial charge < -0.3 is 4.52 Å². The van der Waals surface area contributed by atoms with Crippen molar-refractivity contribution in [3.8, 4) is 11.3 Å². The molecule has 0 radical (unpaired) electrons. The second-order valence-electron chi connectivity index (χ2n) is 6.90. The first-order valence-electron chi connectivity index (χ1n) is 9.25. The molecule has 3 aromatic rings. The molecular formula is C20H21F3N4O2. The maximum atomic E-state index is 12.8. The summed E-state index contributed by atoms with van der Waals surface area (Å²) in [4.78, 5) is 16.6. The fourth-order valence-corrected chi connectivity index (χ4v) is 2.97. The summed E-state index contributed by atoms with van der Waals surface area (Å²) in [5.41, 5.74) is 1.38. The number of carbonyl (C=O) groups excluding carboxylic acids is 1. The third kappa shape index (κ3) is 4.72. The average Bonchev–Trinajstić information content (AvgIpc) is 3.33. The van der Waals surface area contributed by atoms with E-state index in [1.165, 1.54) is 7.05 Å². The van der Waals surface area contributed by atoms with Crippen LogP contribution in [-0.4, -0.2) is 25.7 Å². The van der Waals surface area contributed by atoms with Crippen molar-refractivity contribution in [1.82, 2.24) is 19.9 Å². The first-order chi connectivity index (χ1) is 13.7. The SMILES string of the molecule is CCc1cc(-c2cc([C@H](C)CCC(=O)c3cc(C(F)(F)F)nn3C)on2)ccn1. The Bertz CT molecular complexity index is 1010. The van der Waals surface area contributed by atoms with Crippen LogP contribution in [0.15, 0.2) is 35.0 Å². The third-order valence-corrected chi connectivity index (χ3v) is 4.75. The molecule has 3 rings (SSSR count). The lowest BCUT2D eigenvalue weighted by atomic mass is 9.99. The minimum atomic E-state index is -4.58. The Morgan fingerprint density at radius 2 is 2.03 bits per heavy atom. The number of rotatable bonds is 7. The summed E-state index contributed by atoms with van der Waals surface area (Å²) in [6.07, 6.45) is -1.57. The molecule has 0 unspecified atom stereocenters. The van der Waals surface area contributed by atoms with E-state index in [1.807, 2.05) is 32.0 Å². The number of aryl methyl sites for hydroxylation is 2. The number of Topliss-reactive ketones (excluding diaryl/α,β-unsaturated/α-hetero) is 1. The summed E-state index contributed by atoms with van der Waals surface area (Å²) >= 11 is 0. The molecule has 0 N–H and O–H groups in total. The summed E-state index contributed by atoms with van der Waals surface area (Å²) in [5.74, 6) is 0.0930. The van der Waals surface area contributed by atoms with Crippen molar-refractivity contribution >= 4 is 5.78 Å². The zero-order valence-electron chi connectivity index (χ0n) is 16.3. The molecule has 0 bridgehead atoms. The van der Waals surface area contributed by atoms with Crippen LogP contribution in [0.2, 0.25) is 0 Å². The van der Waals surface area contributed by atoms with Crippen molar-refractivity contribution in [2.45, 2.75) is 45.2 Å². The molecule has 0 spiro atoms. The molecule has 3 aromatic heterocycles. The van der Waals surface area contributed by atoms with Crippen LogP contribution in [-0.2, 0) is 19.6 Å². The first kappa shape index (κ1) is 20.8. The number of carbonyl (C=O) groups is 1. The summed E-state index contributed by atoms with van der Waals surface area (Å²) in [7, 11) is 1.33. The van der Waals surface area contributed by atoms with Gasteiger partial charge in [-0.15, -0.1) is 0 Å². The maximum Gasteiger partial charge on any atom is 0.435 e. The van der Waals surface area contributed by atoms with E-state index in [1.54, 1.807) is 6.20 Å². The van der Waals surface area contributed by atoms with Crippen LogP contribution in [0.3, 0.4) is 0 Å². The molecular weight excluding hydrogens is 385 g/mol. The highest BCUT2D eigenvalue weighted by Gasteiger charge is 2.35. The molecule has 1 atom stereocenters. The summed E-state index contributed by atoms with van der Waals surface area (Å²) in [6, 6.07) is 6.39. The molecule has 0 aliphatic heterocycles. The lowest BCUT2D eigenvalue weighted by Gasteiger charge is -2.06. The Morgan fingerprint density at radius 3 is 2.69 bits per heavy atom. The van der Waals surface area contributed by atoms with E-state index >= 15 is 0 Å². The number of hydrogen-bond donors (Lipinski definition) is 0. The summed E-state index contributed by atoms with van der Waals surface area (Å²) in [6.45, 7) is 3.89. The second kappa shape index (κ2) is 8.18. The van der Waals surface area contributed by atoms with Crippen LogP contribution in [0.1, 0.15) is 60.2 Å². The normalized spacial score (nSPS) is 12.9. The number of nitrogens with zero attached hydrogens (tertiary/aromatic N) is 4. The maximum absolute atomic E-state index is 12.8. The Hall–Kier alpha value is -2.97. The van der Waals surface area contributed by atoms with Crippen LogP contribution in [0.25, 0.3) is 11.3 Å². The molecule has 0 amide bonds. The van der Waals surface area contributed by atoms with Crippen molar-refractivity contribution in [2.24, 2.45) is 7.05 Å². The number of pyridine rings is 1. The molecule has 154 valence electrons. The topological polar surface area (TPSA) is 73.8 Å². The molecule has 3 heterocycles. The number of aromatic nitrogens is 4. The molecule has 0 saturated carbocycles. The Labute approximate surface area is 165 Å². The van der Waals surface area contributed by atoms with E-state index in [0.717, 1.165) is 28.4 Å². The molecule has 0 fully saturated rings. The number of alkyl halides is 3. The van der Waals surface area contributed by atoms with Gasteiger partial charge in [-0.05, 0) is 31.0 Å². The second-order valence-corrected chi connectivity index (χ2v) is 6.90. The monoisotopic (exact) mass is 406 g/mol. The van der Waals surface area contributed by atoms with Gasteiger partial charge >= 0.3 is 6.18 Å². The highest BCUT2D eigenvalue weighted by molar-refractivity contribution is 5.94. The summed E-state index contributed by atoms with van der Waals surface area (Å²) < 4.78 is 44.7. The minimum Gasteiger partial charge on any atom is -0.361 e. The van der Waals surface area contributed by atoms with Crippen LogP contribution >= 0.6 is 0 Å². The van der Waals surface area contributed by atoms with Crippen molar-refractivity contribution < 1.29 is 22.5 Å². The largest absolute Gasteiger partial charge is 0.435 e. The number of halogens is 3. The zero-order valence-corrected chi connectivity index (χ0v) is 16.3. The van der Waals surface area contributed by atoms with Crippen LogP contribution in [0.5, 0.6) is 0 Å². The quantitative estimate of drug-likeness (QED) is 0.526. The van der Waals surface area contributed by atoms with Gasteiger partial charge in [-0.2, -0.15) is 18.3 Å². The fourth-order valence-electron chi connectivity index (χ4n) is 2.97. The zero-order chi connectivity index (χ0) is 21.2. The first-order valence-corrected chi connectivity index (χ1v) is 9.25. The Balaban J connectivity index is 1.65. The predicted molar refractivity (Wildman–Crippen MR) is 99.3 cm³/mol. The van der Waals surface area contributed by atoms with Gasteiger partial charge in [0.1, 0.15) is 17.1 Å². The van der Waals surface area contributed by atoms with Crippen molar-refractivity contribution in [3.63, 3.8) is 0 Å². The molecule has 0 aliphatic carbocycles. The van der Waals surface area contributed by atoms with Gasteiger partial charge in [0.2, 0.25) is 0 Å². The average molecular weight is 406 g/mol. The third-order valence-electron chi connectivity index (χ3n) is 4.75. The van der Waals surface area contributed by atoms with E-state index in [0.29, 0.717) is 17.9 Å². The Kier molecular flexibility index (Phi) is 5.86. The van der Waals surface area contributed by atoms with Crippen molar-refractivity contribution in [3.05, 3.63) is 53.3 Å². The van der Waals surface area contributed by atoms with Crippen molar-refractivity contribution in [2.75, 3.05) is 0 Å². The highest BCUT2D eigenvalue weighted by Crippen LogP contribution is 2.30. The van der Waals surface area contributed by atoms with Gasteiger partial charge in [0.25, 0.3) is 0 Å².